The summed E-state index contributed by atoms with van der Waals surface area (Å²) in [5, 5.41) is 6.10. The first-order chi connectivity index (χ1) is 14.6. The Morgan fingerprint density at radius 2 is 1.87 bits per heavy atom. The van der Waals surface area contributed by atoms with Crippen LogP contribution in [0.3, 0.4) is 0 Å². The average molecular weight is 423 g/mol. The highest BCUT2D eigenvalue weighted by Gasteiger charge is 2.31. The van der Waals surface area contributed by atoms with E-state index in [2.05, 4.69) is 15.6 Å². The van der Waals surface area contributed by atoms with Gasteiger partial charge in [0.2, 0.25) is 12.0 Å². The summed E-state index contributed by atoms with van der Waals surface area (Å²) in [5.41, 5.74) is 0.930. The Bertz CT molecular complexity index is 1040. The van der Waals surface area contributed by atoms with E-state index in [4.69, 9.17) is 9.47 Å². The number of rotatable bonds is 6. The summed E-state index contributed by atoms with van der Waals surface area (Å²) in [4.78, 5) is 30.9. The molecule has 3 aromatic rings. The number of benzene rings is 2. The fraction of sp³-hybridized carbons (Fsp3) is 0.227. The lowest BCUT2D eigenvalue weighted by Crippen LogP contribution is -2.52. The maximum atomic E-state index is 12.9. The Hall–Kier alpha value is -3.39. The van der Waals surface area contributed by atoms with Gasteiger partial charge in [-0.2, -0.15) is 0 Å². The van der Waals surface area contributed by atoms with Crippen LogP contribution in [0.1, 0.15) is 10.4 Å². The number of aromatic nitrogens is 1. The quantitative estimate of drug-likeness (QED) is 0.636. The van der Waals surface area contributed by atoms with Crippen LogP contribution in [0.4, 0.5) is 5.13 Å². The third-order valence-electron chi connectivity index (χ3n) is 4.57. The standard InChI is InChI=1S/C22H21N3O4S/c1-14-12-23-22(30-14)25-20(26)16(11-15-7-3-2-4-8-15)24-21(27)19-13-28-17-9-5-6-10-18(17)29-19/h2-10,12,16,19H,11,13H2,1H3,(H,24,27)(H,23,25,26)/t16-,19+/m0/s1. The number of aryl methyl sites for hydroxylation is 1. The molecule has 2 atom stereocenters. The van der Waals surface area contributed by atoms with Gasteiger partial charge in [-0.3, -0.25) is 9.59 Å². The molecule has 0 spiro atoms. The summed E-state index contributed by atoms with van der Waals surface area (Å²) in [5.74, 6) is 0.361. The van der Waals surface area contributed by atoms with Gasteiger partial charge in [0.05, 0.1) is 0 Å². The minimum absolute atomic E-state index is 0.0776. The number of carbonyl (C=O) groups is 2. The zero-order valence-electron chi connectivity index (χ0n) is 16.3. The minimum Gasteiger partial charge on any atom is -0.485 e. The lowest BCUT2D eigenvalue weighted by Gasteiger charge is -2.27. The normalized spacial score (nSPS) is 15.8. The van der Waals surface area contributed by atoms with Crippen molar-refractivity contribution in [3.05, 3.63) is 71.2 Å². The number of hydrogen-bond donors (Lipinski definition) is 2. The van der Waals surface area contributed by atoms with Gasteiger partial charge in [0.25, 0.3) is 5.91 Å². The predicted octanol–water partition coefficient (Wildman–Crippen LogP) is 2.96. The minimum atomic E-state index is -0.840. The molecule has 4 rings (SSSR count). The fourth-order valence-electron chi connectivity index (χ4n) is 3.08. The number of ether oxygens (including phenoxy) is 2. The van der Waals surface area contributed by atoms with Gasteiger partial charge in [-0.25, -0.2) is 4.98 Å². The van der Waals surface area contributed by atoms with Gasteiger partial charge in [-0.15, -0.1) is 11.3 Å². The summed E-state index contributed by atoms with van der Waals surface area (Å²) >= 11 is 1.38. The number of thiazole rings is 1. The predicted molar refractivity (Wildman–Crippen MR) is 114 cm³/mol. The highest BCUT2D eigenvalue weighted by atomic mass is 32.1. The average Bonchev–Trinajstić information content (AvgIpc) is 3.18. The monoisotopic (exact) mass is 423 g/mol. The van der Waals surface area contributed by atoms with Crippen molar-refractivity contribution >= 4 is 28.3 Å². The van der Waals surface area contributed by atoms with Crippen molar-refractivity contribution in [2.75, 3.05) is 11.9 Å². The lowest BCUT2D eigenvalue weighted by molar-refractivity contribution is -0.133. The smallest absolute Gasteiger partial charge is 0.265 e. The first kappa shape index (κ1) is 19.9. The molecule has 154 valence electrons. The number of amides is 2. The van der Waals surface area contributed by atoms with E-state index in [0.717, 1.165) is 10.4 Å². The third-order valence-corrected chi connectivity index (χ3v) is 5.40. The number of nitrogens with one attached hydrogen (secondary N) is 2. The number of carbonyl (C=O) groups excluding carboxylic acids is 2. The Labute approximate surface area is 178 Å². The number of para-hydroxylation sites is 2. The second-order valence-corrected chi connectivity index (χ2v) is 8.12. The van der Waals surface area contributed by atoms with Crippen LogP contribution in [-0.4, -0.2) is 35.6 Å². The molecule has 7 nitrogen and oxygen atoms in total. The third kappa shape index (κ3) is 4.77. The highest BCUT2D eigenvalue weighted by molar-refractivity contribution is 7.15. The fourth-order valence-corrected chi connectivity index (χ4v) is 3.74. The van der Waals surface area contributed by atoms with Gasteiger partial charge in [0.15, 0.2) is 16.6 Å². The van der Waals surface area contributed by atoms with Crippen LogP contribution in [0.2, 0.25) is 0 Å². The molecule has 0 unspecified atom stereocenters. The molecule has 2 N–H and O–H groups in total. The van der Waals surface area contributed by atoms with Crippen LogP contribution in [0, 0.1) is 6.92 Å². The summed E-state index contributed by atoms with van der Waals surface area (Å²) in [7, 11) is 0. The summed E-state index contributed by atoms with van der Waals surface area (Å²) in [6.07, 6.45) is 1.19. The van der Waals surface area contributed by atoms with E-state index >= 15 is 0 Å². The van der Waals surface area contributed by atoms with Crippen LogP contribution in [0.5, 0.6) is 11.5 Å². The molecule has 8 heteroatoms. The van der Waals surface area contributed by atoms with E-state index < -0.39 is 18.1 Å². The van der Waals surface area contributed by atoms with Crippen molar-refractivity contribution < 1.29 is 19.1 Å². The molecule has 0 saturated carbocycles. The zero-order chi connectivity index (χ0) is 20.9. The second kappa shape index (κ2) is 8.96. The van der Waals surface area contributed by atoms with Gasteiger partial charge in [0.1, 0.15) is 12.6 Å². The molecule has 0 radical (unpaired) electrons. The Kier molecular flexibility index (Phi) is 5.94. The van der Waals surface area contributed by atoms with E-state index in [1.807, 2.05) is 49.4 Å². The van der Waals surface area contributed by atoms with Crippen molar-refractivity contribution in [2.24, 2.45) is 0 Å². The first-order valence-corrected chi connectivity index (χ1v) is 10.4. The van der Waals surface area contributed by atoms with Gasteiger partial charge >= 0.3 is 0 Å². The van der Waals surface area contributed by atoms with E-state index in [9.17, 15) is 9.59 Å². The maximum absolute atomic E-state index is 12.9. The number of anilines is 1. The molecule has 0 fully saturated rings. The van der Waals surface area contributed by atoms with E-state index in [1.54, 1.807) is 18.3 Å². The second-order valence-electron chi connectivity index (χ2n) is 6.88. The van der Waals surface area contributed by atoms with Crippen LogP contribution < -0.4 is 20.1 Å². The van der Waals surface area contributed by atoms with Crippen LogP contribution in [0.15, 0.2) is 60.8 Å². The molecule has 0 aliphatic carbocycles. The molecule has 30 heavy (non-hydrogen) atoms. The Morgan fingerprint density at radius 3 is 2.60 bits per heavy atom. The number of fused-ring (bicyclic) bond motifs is 1. The summed E-state index contributed by atoms with van der Waals surface area (Å²) < 4.78 is 11.4. The van der Waals surface area contributed by atoms with Crippen molar-refractivity contribution in [1.29, 1.82) is 0 Å². The topological polar surface area (TPSA) is 89.6 Å². The Morgan fingerprint density at radius 1 is 1.13 bits per heavy atom. The van der Waals surface area contributed by atoms with Crippen LogP contribution in [-0.2, 0) is 16.0 Å². The van der Waals surface area contributed by atoms with E-state index in [-0.39, 0.29) is 12.5 Å². The van der Waals surface area contributed by atoms with E-state index in [0.29, 0.717) is 23.1 Å². The molecular formula is C22H21N3O4S. The number of hydrogen-bond acceptors (Lipinski definition) is 6. The SMILES string of the molecule is Cc1cnc(NC(=O)[C@H](Cc2ccccc2)NC(=O)[C@H]2COc3ccccc3O2)s1. The lowest BCUT2D eigenvalue weighted by atomic mass is 10.0. The molecule has 2 heterocycles. The Balaban J connectivity index is 1.47. The number of nitrogens with zero attached hydrogens (tertiary/aromatic N) is 1. The molecule has 0 bridgehead atoms. The van der Waals surface area contributed by atoms with E-state index in [1.165, 1.54) is 11.3 Å². The van der Waals surface area contributed by atoms with Gasteiger partial charge in [0, 0.05) is 17.5 Å². The molecule has 1 aliphatic heterocycles. The summed E-state index contributed by atoms with van der Waals surface area (Å²) in [6.45, 7) is 1.99. The van der Waals surface area contributed by atoms with Gasteiger partial charge in [-0.05, 0) is 24.6 Å². The largest absolute Gasteiger partial charge is 0.485 e. The molecule has 1 aliphatic rings. The molecule has 0 saturated heterocycles. The summed E-state index contributed by atoms with van der Waals surface area (Å²) in [6, 6.07) is 15.9. The van der Waals surface area contributed by atoms with Crippen molar-refractivity contribution in [3.63, 3.8) is 0 Å². The van der Waals surface area contributed by atoms with Crippen LogP contribution >= 0.6 is 11.3 Å². The van der Waals surface area contributed by atoms with Crippen LogP contribution in [0.25, 0.3) is 0 Å². The van der Waals surface area contributed by atoms with Crippen molar-refractivity contribution in [3.8, 4) is 11.5 Å². The molecule has 2 amide bonds. The van der Waals surface area contributed by atoms with Gasteiger partial charge < -0.3 is 20.1 Å². The highest BCUT2D eigenvalue weighted by Crippen LogP contribution is 2.30. The maximum Gasteiger partial charge on any atom is 0.265 e. The first-order valence-electron chi connectivity index (χ1n) is 9.54. The molecule has 1 aromatic heterocycles. The van der Waals surface area contributed by atoms with Gasteiger partial charge in [-0.1, -0.05) is 42.5 Å². The molecule has 2 aromatic carbocycles. The molecular weight excluding hydrogens is 402 g/mol. The zero-order valence-corrected chi connectivity index (χ0v) is 17.1. The van der Waals surface area contributed by atoms with Crippen molar-refractivity contribution in [1.82, 2.24) is 10.3 Å². The van der Waals surface area contributed by atoms with Crippen molar-refractivity contribution in [2.45, 2.75) is 25.5 Å².